The predicted molar refractivity (Wildman–Crippen MR) is 84.6 cm³/mol. The van der Waals surface area contributed by atoms with Crippen LogP contribution in [0.2, 0.25) is 0 Å². The fourth-order valence-corrected chi connectivity index (χ4v) is 3.26. The smallest absolute Gasteiger partial charge is 0.126 e. The first-order valence-electron chi connectivity index (χ1n) is 7.56. The average Bonchev–Trinajstić information content (AvgIpc) is 2.65. The normalized spacial score (nSPS) is 16.8. The van der Waals surface area contributed by atoms with Crippen LogP contribution >= 0.6 is 0 Å². The van der Waals surface area contributed by atoms with E-state index < -0.39 is 0 Å². The SMILES string of the molecule is Cc1cc(N(C)C2CCCCCC2)c(C(=N)N)c(C)n1. The summed E-state index contributed by atoms with van der Waals surface area (Å²) >= 11 is 0. The maximum Gasteiger partial charge on any atom is 0.126 e. The molecule has 0 aliphatic heterocycles. The predicted octanol–water partition coefficient (Wildman–Crippen LogP) is 3.14. The Labute approximate surface area is 121 Å². The minimum Gasteiger partial charge on any atom is -0.384 e. The minimum atomic E-state index is 0.116. The molecule has 4 heteroatoms. The molecule has 20 heavy (non-hydrogen) atoms. The van der Waals surface area contributed by atoms with Crippen LogP contribution in [-0.2, 0) is 0 Å². The van der Waals surface area contributed by atoms with Gasteiger partial charge in [0.2, 0.25) is 0 Å². The van der Waals surface area contributed by atoms with E-state index in [2.05, 4.69) is 23.0 Å². The molecule has 1 fully saturated rings. The van der Waals surface area contributed by atoms with Crippen molar-refractivity contribution in [1.29, 1.82) is 5.41 Å². The van der Waals surface area contributed by atoms with Gasteiger partial charge in [0, 0.05) is 18.8 Å². The van der Waals surface area contributed by atoms with Gasteiger partial charge in [-0.15, -0.1) is 0 Å². The monoisotopic (exact) mass is 274 g/mol. The Bertz CT molecular complexity index is 487. The summed E-state index contributed by atoms with van der Waals surface area (Å²) in [6.07, 6.45) is 7.75. The van der Waals surface area contributed by atoms with Crippen LogP contribution < -0.4 is 10.6 Å². The Morgan fingerprint density at radius 2 is 1.85 bits per heavy atom. The van der Waals surface area contributed by atoms with Gasteiger partial charge in [-0.1, -0.05) is 25.7 Å². The molecule has 0 unspecified atom stereocenters. The van der Waals surface area contributed by atoms with Crippen molar-refractivity contribution in [2.24, 2.45) is 5.73 Å². The highest BCUT2D eigenvalue weighted by Crippen LogP contribution is 2.29. The highest BCUT2D eigenvalue weighted by Gasteiger charge is 2.21. The van der Waals surface area contributed by atoms with Crippen LogP contribution in [0.15, 0.2) is 6.07 Å². The highest BCUT2D eigenvalue weighted by atomic mass is 15.1. The van der Waals surface area contributed by atoms with Crippen LogP contribution in [0.25, 0.3) is 0 Å². The number of nitrogens with two attached hydrogens (primary N) is 1. The molecular formula is C16H26N4. The maximum absolute atomic E-state index is 7.85. The topological polar surface area (TPSA) is 66.0 Å². The molecular weight excluding hydrogens is 248 g/mol. The lowest BCUT2D eigenvalue weighted by molar-refractivity contribution is 0.552. The van der Waals surface area contributed by atoms with Crippen molar-refractivity contribution in [1.82, 2.24) is 4.98 Å². The van der Waals surface area contributed by atoms with E-state index in [0.717, 1.165) is 22.6 Å². The van der Waals surface area contributed by atoms with Crippen LogP contribution in [-0.4, -0.2) is 23.9 Å². The van der Waals surface area contributed by atoms with Crippen molar-refractivity contribution in [2.75, 3.05) is 11.9 Å². The van der Waals surface area contributed by atoms with Crippen molar-refractivity contribution in [3.63, 3.8) is 0 Å². The number of hydrogen-bond acceptors (Lipinski definition) is 3. The minimum absolute atomic E-state index is 0.116. The molecule has 0 spiro atoms. The van der Waals surface area contributed by atoms with Crippen molar-refractivity contribution in [3.8, 4) is 0 Å². The number of aromatic nitrogens is 1. The molecule has 0 amide bonds. The molecule has 1 saturated carbocycles. The third-order valence-corrected chi connectivity index (χ3v) is 4.33. The Balaban J connectivity index is 2.37. The molecule has 1 aliphatic carbocycles. The lowest BCUT2D eigenvalue weighted by atomic mass is 10.0. The molecule has 1 aromatic rings. The lowest BCUT2D eigenvalue weighted by Crippen LogP contribution is -2.33. The zero-order valence-corrected chi connectivity index (χ0v) is 12.9. The second kappa shape index (κ2) is 6.25. The summed E-state index contributed by atoms with van der Waals surface area (Å²) in [4.78, 5) is 6.78. The van der Waals surface area contributed by atoms with Crippen molar-refractivity contribution < 1.29 is 0 Å². The van der Waals surface area contributed by atoms with Gasteiger partial charge in [-0.2, -0.15) is 0 Å². The van der Waals surface area contributed by atoms with Gasteiger partial charge in [-0.25, -0.2) is 0 Å². The number of anilines is 1. The summed E-state index contributed by atoms with van der Waals surface area (Å²) in [7, 11) is 2.14. The lowest BCUT2D eigenvalue weighted by Gasteiger charge is -2.31. The van der Waals surface area contributed by atoms with E-state index >= 15 is 0 Å². The fraction of sp³-hybridized carbons (Fsp3) is 0.625. The van der Waals surface area contributed by atoms with Crippen molar-refractivity contribution >= 4 is 11.5 Å². The van der Waals surface area contributed by atoms with Gasteiger partial charge >= 0.3 is 0 Å². The van der Waals surface area contributed by atoms with Gasteiger partial charge in [0.1, 0.15) is 5.84 Å². The quantitative estimate of drug-likeness (QED) is 0.505. The van der Waals surface area contributed by atoms with E-state index in [1.807, 2.05) is 13.8 Å². The zero-order valence-electron chi connectivity index (χ0n) is 12.9. The Morgan fingerprint density at radius 3 is 2.40 bits per heavy atom. The van der Waals surface area contributed by atoms with Crippen LogP contribution in [0, 0.1) is 19.3 Å². The summed E-state index contributed by atoms with van der Waals surface area (Å²) in [5, 5.41) is 7.85. The van der Waals surface area contributed by atoms with Gasteiger partial charge in [0.15, 0.2) is 0 Å². The number of rotatable bonds is 3. The number of aryl methyl sites for hydroxylation is 2. The van der Waals surface area contributed by atoms with Crippen LogP contribution in [0.3, 0.4) is 0 Å². The van der Waals surface area contributed by atoms with E-state index in [9.17, 15) is 0 Å². The van der Waals surface area contributed by atoms with E-state index in [-0.39, 0.29) is 5.84 Å². The standard InChI is InChI=1S/C16H26N4/c1-11-10-14(15(16(17)18)12(2)19-11)20(3)13-8-6-4-5-7-9-13/h10,13H,4-9H2,1-3H3,(H3,17,18). The molecule has 3 N–H and O–H groups in total. The van der Waals surface area contributed by atoms with E-state index in [4.69, 9.17) is 11.1 Å². The van der Waals surface area contributed by atoms with Crippen molar-refractivity contribution in [2.45, 2.75) is 58.4 Å². The second-order valence-corrected chi connectivity index (χ2v) is 5.91. The first kappa shape index (κ1) is 14.8. The zero-order chi connectivity index (χ0) is 14.7. The first-order chi connectivity index (χ1) is 9.50. The molecule has 0 bridgehead atoms. The maximum atomic E-state index is 7.85. The number of nitrogens with zero attached hydrogens (tertiary/aromatic N) is 2. The Morgan fingerprint density at radius 1 is 1.25 bits per heavy atom. The molecule has 4 nitrogen and oxygen atoms in total. The van der Waals surface area contributed by atoms with Crippen molar-refractivity contribution in [3.05, 3.63) is 23.0 Å². The number of nitrogen functional groups attached to an aromatic ring is 1. The molecule has 0 saturated heterocycles. The van der Waals surface area contributed by atoms with Gasteiger partial charge in [-0.3, -0.25) is 10.4 Å². The van der Waals surface area contributed by atoms with Crippen LogP contribution in [0.5, 0.6) is 0 Å². The third kappa shape index (κ3) is 3.11. The molecule has 1 aromatic heterocycles. The Kier molecular flexibility index (Phi) is 4.63. The van der Waals surface area contributed by atoms with Gasteiger partial charge in [0.25, 0.3) is 0 Å². The molecule has 1 heterocycles. The van der Waals surface area contributed by atoms with E-state index in [1.165, 1.54) is 38.5 Å². The average molecular weight is 274 g/mol. The van der Waals surface area contributed by atoms with Crippen LogP contribution in [0.1, 0.15) is 55.5 Å². The molecule has 0 aromatic carbocycles. The summed E-state index contributed by atoms with van der Waals surface area (Å²) in [6.45, 7) is 3.94. The fourth-order valence-electron chi connectivity index (χ4n) is 3.26. The number of amidine groups is 1. The summed E-state index contributed by atoms with van der Waals surface area (Å²) in [5.41, 5.74) is 9.48. The molecule has 110 valence electrons. The summed E-state index contributed by atoms with van der Waals surface area (Å²) in [6, 6.07) is 2.62. The largest absolute Gasteiger partial charge is 0.384 e. The number of pyridine rings is 1. The number of hydrogen-bond donors (Lipinski definition) is 2. The van der Waals surface area contributed by atoms with Gasteiger partial charge in [0.05, 0.1) is 16.9 Å². The second-order valence-electron chi connectivity index (χ2n) is 5.91. The van der Waals surface area contributed by atoms with Crippen LogP contribution in [0.4, 0.5) is 5.69 Å². The van der Waals surface area contributed by atoms with Gasteiger partial charge in [-0.05, 0) is 32.8 Å². The first-order valence-corrected chi connectivity index (χ1v) is 7.56. The summed E-state index contributed by atoms with van der Waals surface area (Å²) < 4.78 is 0. The van der Waals surface area contributed by atoms with E-state index in [0.29, 0.717) is 6.04 Å². The summed E-state index contributed by atoms with van der Waals surface area (Å²) in [5.74, 6) is 0.116. The molecule has 2 rings (SSSR count). The third-order valence-electron chi connectivity index (χ3n) is 4.33. The molecule has 1 aliphatic rings. The van der Waals surface area contributed by atoms with E-state index in [1.54, 1.807) is 0 Å². The highest BCUT2D eigenvalue weighted by molar-refractivity contribution is 6.01. The van der Waals surface area contributed by atoms with Gasteiger partial charge < -0.3 is 10.6 Å². The molecule has 0 radical (unpaired) electrons. The number of nitrogens with one attached hydrogen (secondary N) is 1. The molecule has 0 atom stereocenters. The Hall–Kier alpha value is -1.58.